The van der Waals surface area contributed by atoms with E-state index in [9.17, 15) is 0 Å². The number of halogens is 2. The highest BCUT2D eigenvalue weighted by atomic mass is 79.9. The second-order valence-corrected chi connectivity index (χ2v) is 5.17. The van der Waals surface area contributed by atoms with E-state index in [0.29, 0.717) is 6.54 Å². The van der Waals surface area contributed by atoms with Crippen LogP contribution in [-0.4, -0.2) is 25.0 Å². The highest BCUT2D eigenvalue weighted by Crippen LogP contribution is 2.27. The Morgan fingerprint density at radius 2 is 2.19 bits per heavy atom. The van der Waals surface area contributed by atoms with Crippen LogP contribution in [0.25, 0.3) is 0 Å². The Kier molecular flexibility index (Phi) is 5.76. The average Bonchev–Trinajstić information content (AvgIpc) is 2.25. The smallest absolute Gasteiger partial charge is 0.0548 e. The van der Waals surface area contributed by atoms with Crippen LogP contribution in [0.1, 0.15) is 24.9 Å². The Morgan fingerprint density at radius 3 is 2.69 bits per heavy atom. The second-order valence-electron chi connectivity index (χ2n) is 3.91. The Labute approximate surface area is 111 Å². The van der Waals surface area contributed by atoms with Gasteiger partial charge in [0.15, 0.2) is 0 Å². The van der Waals surface area contributed by atoms with Gasteiger partial charge in [0.2, 0.25) is 0 Å². The number of rotatable bonds is 5. The third-order valence-electron chi connectivity index (χ3n) is 2.66. The first-order valence-corrected chi connectivity index (χ1v) is 6.62. The van der Waals surface area contributed by atoms with Crippen molar-refractivity contribution in [2.75, 3.05) is 20.1 Å². The van der Waals surface area contributed by atoms with Gasteiger partial charge in [-0.1, -0.05) is 24.6 Å². The summed E-state index contributed by atoms with van der Waals surface area (Å²) in [6.07, 6.45) is 1.13. The maximum atomic E-state index is 5.98. The van der Waals surface area contributed by atoms with Crippen molar-refractivity contribution in [1.82, 2.24) is 4.90 Å². The molecule has 0 heterocycles. The highest BCUT2D eigenvalue weighted by molar-refractivity contribution is 9.10. The van der Waals surface area contributed by atoms with Crippen LogP contribution < -0.4 is 5.73 Å². The molecule has 1 aromatic rings. The lowest BCUT2D eigenvalue weighted by atomic mass is 10.1. The Bertz CT molecular complexity index is 344. The number of nitrogens with two attached hydrogens (primary N) is 1. The quantitative estimate of drug-likeness (QED) is 0.903. The van der Waals surface area contributed by atoms with Crippen molar-refractivity contribution in [2.24, 2.45) is 5.73 Å². The Morgan fingerprint density at radius 1 is 1.50 bits per heavy atom. The third kappa shape index (κ3) is 3.45. The van der Waals surface area contributed by atoms with Gasteiger partial charge in [0.05, 0.1) is 5.02 Å². The van der Waals surface area contributed by atoms with Crippen LogP contribution in [0.5, 0.6) is 0 Å². The van der Waals surface area contributed by atoms with E-state index < -0.39 is 0 Å². The summed E-state index contributed by atoms with van der Waals surface area (Å²) >= 11 is 9.42. The van der Waals surface area contributed by atoms with E-state index in [2.05, 4.69) is 34.8 Å². The van der Waals surface area contributed by atoms with E-state index in [-0.39, 0.29) is 6.04 Å². The van der Waals surface area contributed by atoms with Crippen molar-refractivity contribution in [3.05, 3.63) is 33.3 Å². The predicted octanol–water partition coefficient (Wildman–Crippen LogP) is 3.44. The summed E-state index contributed by atoms with van der Waals surface area (Å²) in [6.45, 7) is 3.83. The highest BCUT2D eigenvalue weighted by Gasteiger charge is 2.15. The molecule has 0 radical (unpaired) electrons. The summed E-state index contributed by atoms with van der Waals surface area (Å²) in [6, 6.07) is 6.25. The first-order chi connectivity index (χ1) is 7.60. The maximum absolute atomic E-state index is 5.98. The van der Waals surface area contributed by atoms with Gasteiger partial charge >= 0.3 is 0 Å². The molecule has 0 bridgehead atoms. The molecule has 0 spiro atoms. The minimum atomic E-state index is 0.258. The number of hydrogen-bond acceptors (Lipinski definition) is 2. The SMILES string of the molecule is CCCN(C)C(CN)c1ccc(Cl)c(Br)c1. The minimum Gasteiger partial charge on any atom is -0.329 e. The van der Waals surface area contributed by atoms with Crippen LogP contribution in [0, 0.1) is 0 Å². The van der Waals surface area contributed by atoms with Crippen LogP contribution in [0.4, 0.5) is 0 Å². The van der Waals surface area contributed by atoms with Gasteiger partial charge in [0.25, 0.3) is 0 Å². The zero-order chi connectivity index (χ0) is 12.1. The molecule has 4 heteroatoms. The molecule has 0 aliphatic rings. The van der Waals surface area contributed by atoms with Crippen molar-refractivity contribution in [2.45, 2.75) is 19.4 Å². The fourth-order valence-electron chi connectivity index (χ4n) is 1.80. The second kappa shape index (κ2) is 6.60. The fourth-order valence-corrected chi connectivity index (χ4v) is 2.31. The lowest BCUT2D eigenvalue weighted by molar-refractivity contribution is 0.250. The zero-order valence-corrected chi connectivity index (χ0v) is 12.1. The molecule has 0 aliphatic heterocycles. The van der Waals surface area contributed by atoms with Crippen molar-refractivity contribution in [3.63, 3.8) is 0 Å². The molecule has 1 atom stereocenters. The average molecular weight is 306 g/mol. The predicted molar refractivity (Wildman–Crippen MR) is 73.9 cm³/mol. The van der Waals surface area contributed by atoms with Gasteiger partial charge < -0.3 is 5.73 Å². The van der Waals surface area contributed by atoms with Crippen molar-refractivity contribution in [3.8, 4) is 0 Å². The molecular formula is C12H18BrClN2. The maximum Gasteiger partial charge on any atom is 0.0548 e. The number of hydrogen-bond donors (Lipinski definition) is 1. The van der Waals surface area contributed by atoms with Gasteiger partial charge in [-0.3, -0.25) is 4.90 Å². The largest absolute Gasteiger partial charge is 0.329 e. The molecule has 1 unspecified atom stereocenters. The first-order valence-electron chi connectivity index (χ1n) is 5.45. The third-order valence-corrected chi connectivity index (χ3v) is 3.87. The Balaban J connectivity index is 2.90. The van der Waals surface area contributed by atoms with Crippen LogP contribution in [0.15, 0.2) is 22.7 Å². The minimum absolute atomic E-state index is 0.258. The van der Waals surface area contributed by atoms with Gasteiger partial charge in [-0.25, -0.2) is 0 Å². The van der Waals surface area contributed by atoms with Crippen LogP contribution >= 0.6 is 27.5 Å². The molecule has 1 rings (SSSR count). The van der Waals surface area contributed by atoms with Crippen LogP contribution in [0.2, 0.25) is 5.02 Å². The summed E-state index contributed by atoms with van der Waals surface area (Å²) in [5.41, 5.74) is 7.04. The van der Waals surface area contributed by atoms with Crippen LogP contribution in [0.3, 0.4) is 0 Å². The molecule has 0 aliphatic carbocycles. The van der Waals surface area contributed by atoms with E-state index >= 15 is 0 Å². The number of benzene rings is 1. The molecule has 2 N–H and O–H groups in total. The summed E-state index contributed by atoms with van der Waals surface area (Å²) in [4.78, 5) is 2.27. The lowest BCUT2D eigenvalue weighted by Crippen LogP contribution is -2.31. The van der Waals surface area contributed by atoms with Gasteiger partial charge in [-0.15, -0.1) is 0 Å². The standard InChI is InChI=1S/C12H18BrClN2/c1-3-6-16(2)12(8-15)9-4-5-11(14)10(13)7-9/h4-5,7,12H,3,6,8,15H2,1-2H3. The number of likely N-dealkylation sites (N-methyl/N-ethyl adjacent to an activating group) is 1. The van der Waals surface area contributed by atoms with Gasteiger partial charge in [0, 0.05) is 17.1 Å². The lowest BCUT2D eigenvalue weighted by Gasteiger charge is -2.27. The van der Waals surface area contributed by atoms with Crippen molar-refractivity contribution >= 4 is 27.5 Å². The van der Waals surface area contributed by atoms with E-state index in [0.717, 1.165) is 22.5 Å². The Hall–Kier alpha value is -0.0900. The van der Waals surface area contributed by atoms with E-state index in [1.165, 1.54) is 5.56 Å². The van der Waals surface area contributed by atoms with Gasteiger partial charge in [-0.2, -0.15) is 0 Å². The summed E-state index contributed by atoms with van der Waals surface area (Å²) in [7, 11) is 2.10. The molecule has 0 fully saturated rings. The topological polar surface area (TPSA) is 29.3 Å². The fraction of sp³-hybridized carbons (Fsp3) is 0.500. The first kappa shape index (κ1) is 14.0. The molecule has 0 saturated heterocycles. The van der Waals surface area contributed by atoms with Crippen molar-refractivity contribution in [1.29, 1.82) is 0 Å². The van der Waals surface area contributed by atoms with Gasteiger partial charge in [-0.05, 0) is 53.6 Å². The molecular weight excluding hydrogens is 288 g/mol. The molecule has 1 aromatic carbocycles. The molecule has 0 amide bonds. The summed E-state index contributed by atoms with van der Waals surface area (Å²) in [5, 5.41) is 0.734. The number of nitrogens with zero attached hydrogens (tertiary/aromatic N) is 1. The molecule has 0 aromatic heterocycles. The molecule has 0 saturated carbocycles. The zero-order valence-electron chi connectivity index (χ0n) is 9.71. The summed E-state index contributed by atoms with van der Waals surface area (Å²) in [5.74, 6) is 0. The monoisotopic (exact) mass is 304 g/mol. The summed E-state index contributed by atoms with van der Waals surface area (Å²) < 4.78 is 0.926. The normalized spacial score (nSPS) is 13.1. The van der Waals surface area contributed by atoms with Crippen molar-refractivity contribution < 1.29 is 0 Å². The van der Waals surface area contributed by atoms with E-state index in [4.69, 9.17) is 17.3 Å². The van der Waals surface area contributed by atoms with Crippen LogP contribution in [-0.2, 0) is 0 Å². The van der Waals surface area contributed by atoms with E-state index in [1.807, 2.05) is 18.2 Å². The molecule has 2 nitrogen and oxygen atoms in total. The molecule has 16 heavy (non-hydrogen) atoms. The molecule has 90 valence electrons. The van der Waals surface area contributed by atoms with Gasteiger partial charge in [0.1, 0.15) is 0 Å². The van der Waals surface area contributed by atoms with E-state index in [1.54, 1.807) is 0 Å².